The normalized spacial score (nSPS) is 10.3. The molecule has 0 bridgehead atoms. The van der Waals surface area contributed by atoms with Gasteiger partial charge in [0.05, 0.1) is 0 Å². The van der Waals surface area contributed by atoms with Crippen molar-refractivity contribution in [3.05, 3.63) is 50.4 Å². The standard InChI is InChI=1S/C12H8BrFO3S/c13-7-3-9(18-6-7)5-17-11-2-1-8(14)4-10(11)12(15)16/h1-4,6H,5H2,(H,15,16). The van der Waals surface area contributed by atoms with Crippen LogP contribution in [0.2, 0.25) is 0 Å². The Hall–Kier alpha value is -1.40. The molecule has 1 aromatic carbocycles. The van der Waals surface area contributed by atoms with E-state index in [9.17, 15) is 9.18 Å². The van der Waals surface area contributed by atoms with Crippen LogP contribution < -0.4 is 4.74 Å². The van der Waals surface area contributed by atoms with Crippen molar-refractivity contribution in [1.82, 2.24) is 0 Å². The number of thiophene rings is 1. The fraction of sp³-hybridized carbons (Fsp3) is 0.0833. The van der Waals surface area contributed by atoms with Gasteiger partial charge in [-0.25, -0.2) is 9.18 Å². The monoisotopic (exact) mass is 330 g/mol. The molecule has 1 heterocycles. The third kappa shape index (κ3) is 3.08. The summed E-state index contributed by atoms with van der Waals surface area (Å²) in [4.78, 5) is 11.9. The Morgan fingerprint density at radius 3 is 2.83 bits per heavy atom. The van der Waals surface area contributed by atoms with Gasteiger partial charge in [0.15, 0.2) is 0 Å². The maximum absolute atomic E-state index is 13.0. The van der Waals surface area contributed by atoms with Crippen molar-refractivity contribution in [1.29, 1.82) is 0 Å². The summed E-state index contributed by atoms with van der Waals surface area (Å²) in [6.07, 6.45) is 0. The number of carbonyl (C=O) groups is 1. The van der Waals surface area contributed by atoms with Gasteiger partial charge in [0, 0.05) is 14.7 Å². The average Bonchev–Trinajstić information content (AvgIpc) is 2.73. The summed E-state index contributed by atoms with van der Waals surface area (Å²) >= 11 is 4.81. The lowest BCUT2D eigenvalue weighted by atomic mass is 10.2. The third-order valence-corrected chi connectivity index (χ3v) is 3.83. The van der Waals surface area contributed by atoms with Gasteiger partial charge >= 0.3 is 5.97 Å². The fourth-order valence-electron chi connectivity index (χ4n) is 1.37. The van der Waals surface area contributed by atoms with Crippen molar-refractivity contribution in [3.8, 4) is 5.75 Å². The van der Waals surface area contributed by atoms with E-state index in [1.165, 1.54) is 23.5 Å². The molecule has 0 aliphatic heterocycles. The summed E-state index contributed by atoms with van der Waals surface area (Å²) in [6, 6.07) is 5.32. The molecule has 0 atom stereocenters. The van der Waals surface area contributed by atoms with Crippen LogP contribution in [0.5, 0.6) is 5.75 Å². The van der Waals surface area contributed by atoms with Crippen molar-refractivity contribution in [2.24, 2.45) is 0 Å². The van der Waals surface area contributed by atoms with Gasteiger partial charge in [0.25, 0.3) is 0 Å². The largest absolute Gasteiger partial charge is 0.487 e. The Labute approximate surface area is 115 Å². The van der Waals surface area contributed by atoms with Crippen LogP contribution in [0.3, 0.4) is 0 Å². The number of rotatable bonds is 4. The Morgan fingerprint density at radius 2 is 2.22 bits per heavy atom. The molecule has 3 nitrogen and oxygen atoms in total. The van der Waals surface area contributed by atoms with Crippen molar-refractivity contribution in [2.45, 2.75) is 6.61 Å². The molecule has 0 radical (unpaired) electrons. The minimum Gasteiger partial charge on any atom is -0.487 e. The van der Waals surface area contributed by atoms with E-state index in [0.29, 0.717) is 0 Å². The van der Waals surface area contributed by atoms with Crippen LogP contribution in [0.15, 0.2) is 34.1 Å². The number of hydrogen-bond donors (Lipinski definition) is 1. The Morgan fingerprint density at radius 1 is 1.44 bits per heavy atom. The Bertz CT molecular complexity index is 582. The van der Waals surface area contributed by atoms with Crippen LogP contribution in [0.25, 0.3) is 0 Å². The molecule has 0 aliphatic carbocycles. The molecule has 0 spiro atoms. The Balaban J connectivity index is 2.16. The van der Waals surface area contributed by atoms with Gasteiger partial charge in [-0.1, -0.05) is 0 Å². The molecule has 1 aromatic heterocycles. The molecular formula is C12H8BrFO3S. The van der Waals surface area contributed by atoms with E-state index < -0.39 is 11.8 Å². The van der Waals surface area contributed by atoms with Crippen LogP contribution in [-0.4, -0.2) is 11.1 Å². The topological polar surface area (TPSA) is 46.5 Å². The second kappa shape index (κ2) is 5.49. The molecule has 0 unspecified atom stereocenters. The Kier molecular flexibility index (Phi) is 3.98. The van der Waals surface area contributed by atoms with Crippen molar-refractivity contribution in [3.63, 3.8) is 0 Å². The van der Waals surface area contributed by atoms with E-state index in [2.05, 4.69) is 15.9 Å². The summed E-state index contributed by atoms with van der Waals surface area (Å²) in [5.74, 6) is -1.65. The highest BCUT2D eigenvalue weighted by molar-refractivity contribution is 9.10. The second-order valence-corrected chi connectivity index (χ2v) is 5.38. The van der Waals surface area contributed by atoms with Gasteiger partial charge in [0.2, 0.25) is 0 Å². The van der Waals surface area contributed by atoms with E-state index in [1.807, 2.05) is 11.4 Å². The molecule has 0 fully saturated rings. The first kappa shape index (κ1) is 13.0. The number of benzene rings is 1. The third-order valence-electron chi connectivity index (χ3n) is 2.16. The van der Waals surface area contributed by atoms with Crippen molar-refractivity contribution >= 4 is 33.2 Å². The van der Waals surface area contributed by atoms with Gasteiger partial charge in [0.1, 0.15) is 23.7 Å². The minimum absolute atomic E-state index is 0.161. The van der Waals surface area contributed by atoms with Gasteiger partial charge < -0.3 is 9.84 Å². The second-order valence-electron chi connectivity index (χ2n) is 3.47. The molecule has 94 valence electrons. The lowest BCUT2D eigenvalue weighted by Crippen LogP contribution is -2.03. The SMILES string of the molecule is O=C(O)c1cc(F)ccc1OCc1cc(Br)cs1. The summed E-state index contributed by atoms with van der Waals surface area (Å²) in [6.45, 7) is 0.252. The zero-order chi connectivity index (χ0) is 13.1. The molecule has 2 aromatic rings. The molecule has 2 rings (SSSR count). The molecule has 0 saturated heterocycles. The summed E-state index contributed by atoms with van der Waals surface area (Å²) in [7, 11) is 0. The molecule has 0 saturated carbocycles. The predicted octanol–water partition coefficient (Wildman–Crippen LogP) is 3.93. The first-order valence-electron chi connectivity index (χ1n) is 4.95. The predicted molar refractivity (Wildman–Crippen MR) is 69.7 cm³/mol. The number of aromatic carboxylic acids is 1. The molecule has 6 heteroatoms. The van der Waals surface area contributed by atoms with Crippen LogP contribution in [0.1, 0.15) is 15.2 Å². The van der Waals surface area contributed by atoms with Gasteiger partial charge in [-0.3, -0.25) is 0 Å². The van der Waals surface area contributed by atoms with Crippen molar-refractivity contribution in [2.75, 3.05) is 0 Å². The van der Waals surface area contributed by atoms with Crippen molar-refractivity contribution < 1.29 is 19.0 Å². The molecular weight excluding hydrogens is 323 g/mol. The van der Waals surface area contributed by atoms with Crippen LogP contribution in [0.4, 0.5) is 4.39 Å². The highest BCUT2D eigenvalue weighted by atomic mass is 79.9. The average molecular weight is 331 g/mol. The van der Waals surface area contributed by atoms with Gasteiger partial charge in [-0.15, -0.1) is 11.3 Å². The zero-order valence-electron chi connectivity index (χ0n) is 9.02. The summed E-state index contributed by atoms with van der Waals surface area (Å²) in [5, 5.41) is 10.8. The van der Waals surface area contributed by atoms with Crippen LogP contribution in [-0.2, 0) is 6.61 Å². The fourth-order valence-corrected chi connectivity index (χ4v) is 2.74. The summed E-state index contributed by atoms with van der Waals surface area (Å²) < 4.78 is 19.3. The van der Waals surface area contributed by atoms with Gasteiger partial charge in [-0.2, -0.15) is 0 Å². The van der Waals surface area contributed by atoms with Gasteiger partial charge in [-0.05, 0) is 40.2 Å². The first-order valence-corrected chi connectivity index (χ1v) is 6.62. The molecule has 0 aliphatic rings. The lowest BCUT2D eigenvalue weighted by molar-refractivity contribution is 0.0691. The number of hydrogen-bond acceptors (Lipinski definition) is 3. The molecule has 1 N–H and O–H groups in total. The van der Waals surface area contributed by atoms with E-state index >= 15 is 0 Å². The number of carboxylic acid groups (broad SMARTS) is 1. The number of halogens is 2. The quantitative estimate of drug-likeness (QED) is 0.923. The van der Waals surface area contributed by atoms with E-state index in [1.54, 1.807) is 0 Å². The summed E-state index contributed by atoms with van der Waals surface area (Å²) in [5.41, 5.74) is -0.175. The van der Waals surface area contributed by atoms with E-state index in [0.717, 1.165) is 15.4 Å². The lowest BCUT2D eigenvalue weighted by Gasteiger charge is -2.07. The number of carboxylic acids is 1. The highest BCUT2D eigenvalue weighted by Gasteiger charge is 2.12. The molecule has 0 amide bonds. The maximum Gasteiger partial charge on any atom is 0.339 e. The maximum atomic E-state index is 13.0. The molecule has 18 heavy (non-hydrogen) atoms. The zero-order valence-corrected chi connectivity index (χ0v) is 11.4. The van der Waals surface area contributed by atoms with E-state index in [-0.39, 0.29) is 17.9 Å². The van der Waals surface area contributed by atoms with Crippen LogP contribution in [0, 0.1) is 5.82 Å². The minimum atomic E-state index is -1.21. The number of ether oxygens (including phenoxy) is 1. The smallest absolute Gasteiger partial charge is 0.339 e. The van der Waals surface area contributed by atoms with E-state index in [4.69, 9.17) is 9.84 Å². The first-order chi connectivity index (χ1) is 8.56. The highest BCUT2D eigenvalue weighted by Crippen LogP contribution is 2.24. The van der Waals surface area contributed by atoms with Crippen LogP contribution >= 0.6 is 27.3 Å².